The monoisotopic (exact) mass is 478 g/mol. The van der Waals surface area contributed by atoms with Crippen molar-refractivity contribution >= 4 is 34.8 Å². The third-order valence-corrected chi connectivity index (χ3v) is 6.17. The van der Waals surface area contributed by atoms with Gasteiger partial charge in [0, 0.05) is 23.9 Å². The minimum Gasteiger partial charge on any atom is -0.464 e. The first-order valence-corrected chi connectivity index (χ1v) is 11.5. The fraction of sp³-hybridized carbons (Fsp3) is 0.385. The van der Waals surface area contributed by atoms with Crippen LogP contribution in [-0.4, -0.2) is 38.8 Å². The van der Waals surface area contributed by atoms with E-state index in [1.54, 1.807) is 17.0 Å². The van der Waals surface area contributed by atoms with Gasteiger partial charge in [-0.3, -0.25) is 4.79 Å². The summed E-state index contributed by atoms with van der Waals surface area (Å²) in [5.74, 6) is 0.215. The van der Waals surface area contributed by atoms with Crippen molar-refractivity contribution in [2.45, 2.75) is 65.1 Å². The zero-order valence-electron chi connectivity index (χ0n) is 20.5. The molecule has 2 amide bonds. The van der Waals surface area contributed by atoms with Crippen molar-refractivity contribution in [2.75, 3.05) is 4.90 Å². The molecule has 3 aromatic rings. The lowest BCUT2D eigenvalue weighted by Crippen LogP contribution is -2.45. The van der Waals surface area contributed by atoms with Crippen LogP contribution in [0.4, 0.5) is 15.3 Å². The molecule has 0 unspecified atom stereocenters. The molecule has 0 radical (unpaired) electrons. The van der Waals surface area contributed by atoms with Crippen LogP contribution < -0.4 is 10.2 Å². The summed E-state index contributed by atoms with van der Waals surface area (Å²) in [4.78, 5) is 44.0. The zero-order valence-corrected chi connectivity index (χ0v) is 20.5. The number of rotatable bonds is 3. The Morgan fingerprint density at radius 3 is 2.43 bits per heavy atom. The number of fused-ring (bicyclic) bond motifs is 3. The molecule has 9 nitrogen and oxygen atoms in total. The summed E-state index contributed by atoms with van der Waals surface area (Å²) >= 11 is 0. The van der Waals surface area contributed by atoms with Crippen molar-refractivity contribution in [3.63, 3.8) is 0 Å². The Morgan fingerprint density at radius 1 is 1.14 bits per heavy atom. The van der Waals surface area contributed by atoms with Crippen molar-refractivity contribution in [1.82, 2.24) is 14.9 Å². The van der Waals surface area contributed by atoms with Crippen LogP contribution in [0, 0.1) is 0 Å². The van der Waals surface area contributed by atoms with Crippen LogP contribution in [0.25, 0.3) is 11.0 Å². The number of nitrogens with one attached hydrogen (secondary N) is 1. The van der Waals surface area contributed by atoms with Gasteiger partial charge in [0.15, 0.2) is 0 Å². The van der Waals surface area contributed by atoms with E-state index in [1.165, 1.54) is 11.5 Å². The van der Waals surface area contributed by atoms with Gasteiger partial charge in [0.2, 0.25) is 5.91 Å². The van der Waals surface area contributed by atoms with Gasteiger partial charge >= 0.3 is 12.2 Å². The summed E-state index contributed by atoms with van der Waals surface area (Å²) in [6.07, 6.45) is -1.41. The van der Waals surface area contributed by atoms with Gasteiger partial charge in [-0.05, 0) is 31.0 Å². The molecule has 0 spiro atoms. The number of carbonyl (C=O) groups excluding carboxylic acids is 2. The number of aromatic nitrogens is 2. The number of carbonyl (C=O) groups is 3. The van der Waals surface area contributed by atoms with E-state index in [2.05, 4.69) is 10.3 Å². The van der Waals surface area contributed by atoms with Crippen molar-refractivity contribution in [3.05, 3.63) is 59.4 Å². The number of anilines is 1. The topological polar surface area (TPSA) is 114 Å². The molecule has 2 aromatic carbocycles. The summed E-state index contributed by atoms with van der Waals surface area (Å²) in [6, 6.07) is 12.0. The van der Waals surface area contributed by atoms with Gasteiger partial charge in [-0.25, -0.2) is 19.1 Å². The van der Waals surface area contributed by atoms with Crippen LogP contribution in [0.5, 0.6) is 0 Å². The quantitative estimate of drug-likeness (QED) is 0.549. The molecule has 2 atom stereocenters. The van der Waals surface area contributed by atoms with Gasteiger partial charge < -0.3 is 20.1 Å². The summed E-state index contributed by atoms with van der Waals surface area (Å²) in [5, 5.41) is 13.1. The summed E-state index contributed by atoms with van der Waals surface area (Å²) in [6.45, 7) is 9.14. The van der Waals surface area contributed by atoms with E-state index >= 15 is 0 Å². The smallest absolute Gasteiger partial charge is 0.417 e. The van der Waals surface area contributed by atoms with Gasteiger partial charge in [0.25, 0.3) is 0 Å². The predicted molar refractivity (Wildman–Crippen MR) is 132 cm³/mol. The Hall–Kier alpha value is -3.88. The first-order chi connectivity index (χ1) is 16.5. The predicted octanol–water partition coefficient (Wildman–Crippen LogP) is 4.97. The Labute approximate surface area is 203 Å². The van der Waals surface area contributed by atoms with Crippen molar-refractivity contribution in [2.24, 2.45) is 0 Å². The van der Waals surface area contributed by atoms with Gasteiger partial charge in [0.1, 0.15) is 12.4 Å². The van der Waals surface area contributed by atoms with Crippen LogP contribution in [0.3, 0.4) is 0 Å². The molecule has 1 aromatic heterocycles. The highest BCUT2D eigenvalue weighted by Gasteiger charge is 2.38. The number of amides is 2. The molecule has 0 bridgehead atoms. The van der Waals surface area contributed by atoms with Crippen molar-refractivity contribution in [3.8, 4) is 0 Å². The highest BCUT2D eigenvalue weighted by atomic mass is 16.5. The number of hydrogen-bond donors (Lipinski definition) is 2. The summed E-state index contributed by atoms with van der Waals surface area (Å²) in [5.41, 5.74) is 2.25. The minimum absolute atomic E-state index is 0.104. The molecule has 0 saturated carbocycles. The highest BCUT2D eigenvalue weighted by molar-refractivity contribution is 6.00. The number of imidazole rings is 1. The zero-order chi connectivity index (χ0) is 25.5. The highest BCUT2D eigenvalue weighted by Crippen LogP contribution is 2.43. The van der Waals surface area contributed by atoms with Crippen LogP contribution >= 0.6 is 0 Å². The molecular weight excluding hydrogens is 448 g/mol. The van der Waals surface area contributed by atoms with E-state index < -0.39 is 23.6 Å². The molecule has 0 saturated heterocycles. The third kappa shape index (κ3) is 4.58. The second-order valence-electron chi connectivity index (χ2n) is 9.90. The molecule has 2 N–H and O–H groups in total. The first-order valence-electron chi connectivity index (χ1n) is 11.5. The van der Waals surface area contributed by atoms with Crippen molar-refractivity contribution < 1.29 is 24.2 Å². The molecule has 0 fully saturated rings. The lowest BCUT2D eigenvalue weighted by atomic mass is 9.90. The van der Waals surface area contributed by atoms with Gasteiger partial charge in [-0.2, -0.15) is 0 Å². The van der Waals surface area contributed by atoms with E-state index in [0.717, 1.165) is 5.56 Å². The average molecular weight is 479 g/mol. The lowest BCUT2D eigenvalue weighted by molar-refractivity contribution is -0.117. The van der Waals surface area contributed by atoms with Crippen LogP contribution in [0.2, 0.25) is 0 Å². The molecule has 9 heteroatoms. The third-order valence-electron chi connectivity index (χ3n) is 6.17. The molecule has 0 aliphatic carbocycles. The molecule has 4 rings (SSSR count). The Bertz CT molecular complexity index is 1290. The Morgan fingerprint density at radius 2 is 1.83 bits per heavy atom. The van der Waals surface area contributed by atoms with E-state index in [4.69, 9.17) is 4.74 Å². The fourth-order valence-corrected chi connectivity index (χ4v) is 4.74. The number of nitrogens with zero attached hydrogens (tertiary/aromatic N) is 3. The molecule has 35 heavy (non-hydrogen) atoms. The Kier molecular flexibility index (Phi) is 6.27. The molecule has 1 aliphatic rings. The van der Waals surface area contributed by atoms with E-state index in [0.29, 0.717) is 34.5 Å². The molecule has 184 valence electrons. The summed E-state index contributed by atoms with van der Waals surface area (Å²) in [7, 11) is 0. The van der Waals surface area contributed by atoms with E-state index in [1.807, 2.05) is 58.0 Å². The second-order valence-corrected chi connectivity index (χ2v) is 9.90. The normalized spacial score (nSPS) is 17.7. The maximum atomic E-state index is 12.8. The number of alkyl carbamates (subject to hydrolysis) is 1. The standard InChI is InChI=1S/C26H30N4O5/c1-15-13-19(28-24(32)35-14-17-9-7-6-8-10-17)21-20(29(15)16(2)31)12-11-18-22(21)30(25(33)34)23(27-18)26(3,4)5/h6-12,15,19H,13-14H2,1-5H3,(H,28,32)(H,33,34)/t15-,19+/m0/s1. The van der Waals surface area contributed by atoms with E-state index in [9.17, 15) is 19.5 Å². The first kappa shape index (κ1) is 24.3. The fourth-order valence-electron chi connectivity index (χ4n) is 4.74. The largest absolute Gasteiger partial charge is 0.464 e. The van der Waals surface area contributed by atoms with Crippen LogP contribution in [-0.2, 0) is 21.6 Å². The SMILES string of the molecule is CC(=O)N1c2ccc3nc(C(C)(C)C)n(C(=O)O)c3c2[C@H](NC(=O)OCc2ccccc2)C[C@@H]1C. The second kappa shape index (κ2) is 9.05. The lowest BCUT2D eigenvalue weighted by Gasteiger charge is -2.39. The maximum absolute atomic E-state index is 12.8. The van der Waals surface area contributed by atoms with Gasteiger partial charge in [-0.1, -0.05) is 51.1 Å². The maximum Gasteiger partial charge on any atom is 0.417 e. The summed E-state index contributed by atoms with van der Waals surface area (Å²) < 4.78 is 6.61. The number of carboxylic acid groups (broad SMARTS) is 1. The van der Waals surface area contributed by atoms with Crippen LogP contribution in [0.1, 0.15) is 64.0 Å². The number of ether oxygens (including phenoxy) is 1. The minimum atomic E-state index is -1.18. The van der Waals surface area contributed by atoms with Crippen LogP contribution in [0.15, 0.2) is 42.5 Å². The molecular formula is C26H30N4O5. The van der Waals surface area contributed by atoms with Gasteiger partial charge in [-0.15, -0.1) is 0 Å². The van der Waals surface area contributed by atoms with Crippen molar-refractivity contribution in [1.29, 1.82) is 0 Å². The number of benzene rings is 2. The molecule has 2 heterocycles. The number of hydrogen-bond acceptors (Lipinski definition) is 5. The Balaban J connectivity index is 1.82. The van der Waals surface area contributed by atoms with Gasteiger partial charge in [0.05, 0.1) is 22.8 Å². The average Bonchev–Trinajstić information content (AvgIpc) is 3.18. The molecule has 1 aliphatic heterocycles. The van der Waals surface area contributed by atoms with E-state index in [-0.39, 0.29) is 18.6 Å².